The van der Waals surface area contributed by atoms with Crippen molar-refractivity contribution >= 4 is 27.6 Å². The van der Waals surface area contributed by atoms with Crippen LogP contribution in [0.4, 0.5) is 0 Å². The van der Waals surface area contributed by atoms with Crippen molar-refractivity contribution in [1.82, 2.24) is 9.78 Å². The Hall–Kier alpha value is -2.68. The van der Waals surface area contributed by atoms with Gasteiger partial charge in [-0.3, -0.25) is 4.79 Å². The van der Waals surface area contributed by atoms with Crippen molar-refractivity contribution in [2.24, 2.45) is 5.14 Å². The Kier molecular flexibility index (Phi) is 5.05. The summed E-state index contributed by atoms with van der Waals surface area (Å²) >= 11 is 6.49. The minimum Gasteiger partial charge on any atom is -0.481 e. The lowest BCUT2D eigenvalue weighted by Crippen LogP contribution is -2.12. The number of carboxylic acids is 1. The molecule has 7 nitrogen and oxygen atoms in total. The molecule has 3 rings (SSSR count). The van der Waals surface area contributed by atoms with Crippen molar-refractivity contribution in [1.29, 1.82) is 0 Å². The van der Waals surface area contributed by atoms with Crippen molar-refractivity contribution in [3.05, 3.63) is 65.3 Å². The first-order valence-electron chi connectivity index (χ1n) is 7.90. The smallest absolute Gasteiger partial charge is 0.312 e. The molecule has 0 spiro atoms. The maximum Gasteiger partial charge on any atom is 0.312 e. The molecular formula is C18H16ClN3O4S. The van der Waals surface area contributed by atoms with E-state index < -0.39 is 21.9 Å². The van der Waals surface area contributed by atoms with E-state index in [0.29, 0.717) is 11.4 Å². The Morgan fingerprint density at radius 3 is 2.26 bits per heavy atom. The highest BCUT2D eigenvalue weighted by Crippen LogP contribution is 2.36. The van der Waals surface area contributed by atoms with E-state index >= 15 is 0 Å². The predicted octanol–water partition coefficient (Wildman–Crippen LogP) is 3.03. The minimum absolute atomic E-state index is 0.0371. The van der Waals surface area contributed by atoms with Crippen LogP contribution in [0.25, 0.3) is 16.9 Å². The number of halogens is 1. The van der Waals surface area contributed by atoms with Gasteiger partial charge in [0.2, 0.25) is 10.0 Å². The summed E-state index contributed by atoms with van der Waals surface area (Å²) in [6, 6.07) is 14.9. The van der Waals surface area contributed by atoms with Gasteiger partial charge in [-0.15, -0.1) is 0 Å². The van der Waals surface area contributed by atoms with Crippen LogP contribution >= 0.6 is 11.6 Å². The van der Waals surface area contributed by atoms with Crippen LogP contribution < -0.4 is 5.14 Å². The van der Waals surface area contributed by atoms with Gasteiger partial charge in [0, 0.05) is 5.56 Å². The Morgan fingerprint density at radius 2 is 1.74 bits per heavy atom. The van der Waals surface area contributed by atoms with Gasteiger partial charge in [0.25, 0.3) is 0 Å². The lowest BCUT2D eigenvalue weighted by molar-refractivity contribution is -0.138. The SMILES string of the molecule is CC(C(=O)O)c1nn(-c2ccc(S(N)(=O)=O)cc2)c(-c2ccccc2)c1Cl. The maximum absolute atomic E-state index is 11.5. The zero-order valence-electron chi connectivity index (χ0n) is 14.2. The van der Waals surface area contributed by atoms with E-state index in [1.807, 2.05) is 30.3 Å². The van der Waals surface area contributed by atoms with Gasteiger partial charge in [0.05, 0.1) is 32.9 Å². The summed E-state index contributed by atoms with van der Waals surface area (Å²) in [6.07, 6.45) is 0. The lowest BCUT2D eigenvalue weighted by Gasteiger charge is -2.09. The number of sulfonamides is 1. The van der Waals surface area contributed by atoms with Gasteiger partial charge < -0.3 is 5.11 Å². The fraction of sp³-hybridized carbons (Fsp3) is 0.111. The molecule has 1 aromatic heterocycles. The minimum atomic E-state index is -3.83. The standard InChI is InChI=1S/C18H16ClN3O4S/c1-11(18(23)24)16-15(19)17(12-5-3-2-4-6-12)22(21-16)13-7-9-14(10-8-13)27(20,25)26/h2-11H,1H3,(H,23,24)(H2,20,25,26). The number of rotatable bonds is 5. The van der Waals surface area contributed by atoms with Gasteiger partial charge in [-0.1, -0.05) is 41.9 Å². The highest BCUT2D eigenvalue weighted by Gasteiger charge is 2.26. The Bertz CT molecular complexity index is 1090. The van der Waals surface area contributed by atoms with Crippen LogP contribution in [-0.4, -0.2) is 29.3 Å². The first-order chi connectivity index (χ1) is 12.7. The highest BCUT2D eigenvalue weighted by molar-refractivity contribution is 7.89. The summed E-state index contributed by atoms with van der Waals surface area (Å²) in [5.41, 5.74) is 2.00. The van der Waals surface area contributed by atoms with Crippen molar-refractivity contribution < 1.29 is 18.3 Å². The molecule has 2 aromatic carbocycles. The second-order valence-electron chi connectivity index (χ2n) is 5.92. The number of carbonyl (C=O) groups is 1. The second kappa shape index (κ2) is 7.15. The van der Waals surface area contributed by atoms with E-state index in [1.54, 1.807) is 0 Å². The predicted molar refractivity (Wildman–Crippen MR) is 101 cm³/mol. The number of hydrogen-bond donors (Lipinski definition) is 2. The highest BCUT2D eigenvalue weighted by atomic mass is 35.5. The van der Waals surface area contributed by atoms with Gasteiger partial charge in [-0.2, -0.15) is 5.10 Å². The van der Waals surface area contributed by atoms with E-state index in [-0.39, 0.29) is 15.6 Å². The molecule has 1 atom stereocenters. The number of hydrogen-bond acceptors (Lipinski definition) is 4. The molecule has 3 aromatic rings. The van der Waals surface area contributed by atoms with Crippen LogP contribution in [0.3, 0.4) is 0 Å². The molecule has 1 unspecified atom stereocenters. The zero-order chi connectivity index (χ0) is 19.8. The number of carboxylic acid groups (broad SMARTS) is 1. The molecular weight excluding hydrogens is 390 g/mol. The van der Waals surface area contributed by atoms with Crippen LogP contribution in [-0.2, 0) is 14.8 Å². The summed E-state index contributed by atoms with van der Waals surface area (Å²) in [5, 5.41) is 19.1. The normalized spacial score (nSPS) is 12.7. The molecule has 9 heteroatoms. The van der Waals surface area contributed by atoms with Crippen LogP contribution in [0, 0.1) is 0 Å². The average Bonchev–Trinajstić information content (AvgIpc) is 2.98. The van der Waals surface area contributed by atoms with Gasteiger partial charge in [-0.25, -0.2) is 18.2 Å². The average molecular weight is 406 g/mol. The molecule has 0 aliphatic heterocycles. The first-order valence-corrected chi connectivity index (χ1v) is 9.82. The van der Waals surface area contributed by atoms with Crippen molar-refractivity contribution in [3.8, 4) is 16.9 Å². The van der Waals surface area contributed by atoms with Gasteiger partial charge >= 0.3 is 5.97 Å². The number of primary sulfonamides is 1. The Balaban J connectivity index is 2.22. The van der Waals surface area contributed by atoms with Crippen molar-refractivity contribution in [2.75, 3.05) is 0 Å². The Labute approximate surface area is 161 Å². The fourth-order valence-corrected chi connectivity index (χ4v) is 3.52. The van der Waals surface area contributed by atoms with Crippen LogP contribution in [0.15, 0.2) is 59.5 Å². The lowest BCUT2D eigenvalue weighted by atomic mass is 10.1. The molecule has 0 aliphatic rings. The molecule has 0 saturated carbocycles. The number of aliphatic carboxylic acids is 1. The molecule has 0 saturated heterocycles. The van der Waals surface area contributed by atoms with Crippen LogP contribution in [0.5, 0.6) is 0 Å². The summed E-state index contributed by atoms with van der Waals surface area (Å²) < 4.78 is 24.4. The van der Waals surface area contributed by atoms with Gasteiger partial charge in [0.15, 0.2) is 0 Å². The summed E-state index contributed by atoms with van der Waals surface area (Å²) in [6.45, 7) is 1.50. The molecule has 0 amide bonds. The third-order valence-electron chi connectivity index (χ3n) is 4.09. The van der Waals surface area contributed by atoms with Crippen LogP contribution in [0.1, 0.15) is 18.5 Å². The van der Waals surface area contributed by atoms with Crippen molar-refractivity contribution in [2.45, 2.75) is 17.7 Å². The van der Waals surface area contributed by atoms with Gasteiger partial charge in [0.1, 0.15) is 0 Å². The van der Waals surface area contributed by atoms with E-state index in [1.165, 1.54) is 35.9 Å². The maximum atomic E-state index is 11.5. The van der Waals surface area contributed by atoms with E-state index in [0.717, 1.165) is 5.56 Å². The van der Waals surface area contributed by atoms with Crippen molar-refractivity contribution in [3.63, 3.8) is 0 Å². The zero-order valence-corrected chi connectivity index (χ0v) is 15.8. The Morgan fingerprint density at radius 1 is 1.15 bits per heavy atom. The largest absolute Gasteiger partial charge is 0.481 e. The van der Waals surface area contributed by atoms with E-state index in [4.69, 9.17) is 16.7 Å². The van der Waals surface area contributed by atoms with E-state index in [9.17, 15) is 18.3 Å². The quantitative estimate of drug-likeness (QED) is 0.676. The number of nitrogens with two attached hydrogens (primary N) is 1. The van der Waals surface area contributed by atoms with E-state index in [2.05, 4.69) is 5.10 Å². The first kappa shape index (κ1) is 19.1. The fourth-order valence-electron chi connectivity index (χ4n) is 2.62. The van der Waals surface area contributed by atoms with Gasteiger partial charge in [-0.05, 0) is 31.2 Å². The summed E-state index contributed by atoms with van der Waals surface area (Å²) in [4.78, 5) is 11.4. The number of nitrogens with zero attached hydrogens (tertiary/aromatic N) is 2. The molecule has 27 heavy (non-hydrogen) atoms. The topological polar surface area (TPSA) is 115 Å². The molecule has 1 heterocycles. The molecule has 0 bridgehead atoms. The number of benzene rings is 2. The molecule has 0 aliphatic carbocycles. The monoisotopic (exact) mass is 405 g/mol. The molecule has 3 N–H and O–H groups in total. The second-order valence-corrected chi connectivity index (χ2v) is 7.86. The summed E-state index contributed by atoms with van der Waals surface area (Å²) in [5.74, 6) is -1.96. The molecule has 140 valence electrons. The third kappa shape index (κ3) is 3.73. The molecule has 0 radical (unpaired) electrons. The summed E-state index contributed by atoms with van der Waals surface area (Å²) in [7, 11) is -3.83. The number of aromatic nitrogens is 2. The third-order valence-corrected chi connectivity index (χ3v) is 5.39. The van der Waals surface area contributed by atoms with Crippen LogP contribution in [0.2, 0.25) is 5.02 Å². The molecule has 0 fully saturated rings.